The summed E-state index contributed by atoms with van der Waals surface area (Å²) < 4.78 is 48.5. The van der Waals surface area contributed by atoms with Crippen LogP contribution in [0.2, 0.25) is 0 Å². The average Bonchev–Trinajstić information content (AvgIpc) is 2.70. The first-order valence-corrected chi connectivity index (χ1v) is 9.67. The van der Waals surface area contributed by atoms with Gasteiger partial charge >= 0.3 is 5.97 Å². The minimum atomic E-state index is -4.26. The summed E-state index contributed by atoms with van der Waals surface area (Å²) in [6.07, 6.45) is 0. The van der Waals surface area contributed by atoms with Crippen LogP contribution in [0.5, 0.6) is 23.0 Å². The zero-order valence-electron chi connectivity index (χ0n) is 15.2. The van der Waals surface area contributed by atoms with Crippen molar-refractivity contribution in [3.63, 3.8) is 0 Å². The number of carbonyl (C=O) groups is 1. The molecule has 0 saturated heterocycles. The summed E-state index contributed by atoms with van der Waals surface area (Å²) in [4.78, 5) is 11.3. The van der Waals surface area contributed by atoms with Crippen LogP contribution in [0.15, 0.2) is 41.3 Å². The zero-order valence-corrected chi connectivity index (χ0v) is 16.1. The Kier molecular flexibility index (Phi) is 5.50. The van der Waals surface area contributed by atoms with Gasteiger partial charge in [0.05, 0.1) is 24.8 Å². The van der Waals surface area contributed by atoms with Crippen LogP contribution in [0.1, 0.15) is 0 Å². The molecule has 0 saturated carbocycles. The molecule has 3 rings (SSSR count). The number of anilines is 1. The SMILES string of the molecule is COc1ccc(OC)c(N(CC(=O)O)S(=O)(=O)c2ccc3c(c2)OCCO3)c1. The molecule has 150 valence electrons. The third-order valence-corrected chi connectivity index (χ3v) is 5.79. The zero-order chi connectivity index (χ0) is 20.3. The number of aliphatic carboxylic acids is 1. The molecule has 0 bridgehead atoms. The molecule has 0 fully saturated rings. The third kappa shape index (κ3) is 3.77. The monoisotopic (exact) mass is 409 g/mol. The van der Waals surface area contributed by atoms with Gasteiger partial charge in [0.1, 0.15) is 31.3 Å². The second-order valence-electron chi connectivity index (χ2n) is 5.75. The Morgan fingerprint density at radius 1 is 1.07 bits per heavy atom. The van der Waals surface area contributed by atoms with Crippen LogP contribution in [0.4, 0.5) is 5.69 Å². The van der Waals surface area contributed by atoms with Gasteiger partial charge < -0.3 is 24.1 Å². The summed E-state index contributed by atoms with van der Waals surface area (Å²) in [5.41, 5.74) is 0.0409. The summed E-state index contributed by atoms with van der Waals surface area (Å²) in [6.45, 7) is -0.148. The number of rotatable bonds is 7. The quantitative estimate of drug-likeness (QED) is 0.736. The Balaban J connectivity index is 2.12. The van der Waals surface area contributed by atoms with Gasteiger partial charge in [-0.1, -0.05) is 0 Å². The molecule has 0 unspecified atom stereocenters. The van der Waals surface area contributed by atoms with E-state index in [0.717, 1.165) is 4.31 Å². The van der Waals surface area contributed by atoms with Crippen LogP contribution in [-0.2, 0) is 14.8 Å². The van der Waals surface area contributed by atoms with E-state index in [2.05, 4.69) is 0 Å². The van der Waals surface area contributed by atoms with Crippen molar-refractivity contribution in [1.29, 1.82) is 0 Å². The first-order valence-electron chi connectivity index (χ1n) is 8.23. The summed E-state index contributed by atoms with van der Waals surface area (Å²) in [7, 11) is -1.48. The smallest absolute Gasteiger partial charge is 0.324 e. The Hall–Kier alpha value is -3.14. The van der Waals surface area contributed by atoms with E-state index < -0.39 is 22.5 Å². The largest absolute Gasteiger partial charge is 0.497 e. The van der Waals surface area contributed by atoms with Crippen molar-refractivity contribution in [2.45, 2.75) is 4.90 Å². The van der Waals surface area contributed by atoms with Crippen LogP contribution in [-0.4, -0.2) is 53.5 Å². The number of carboxylic acids is 1. The van der Waals surface area contributed by atoms with E-state index >= 15 is 0 Å². The van der Waals surface area contributed by atoms with Gasteiger partial charge in [-0.2, -0.15) is 0 Å². The number of ether oxygens (including phenoxy) is 4. The molecule has 1 heterocycles. The summed E-state index contributed by atoms with van der Waals surface area (Å²) in [6, 6.07) is 8.61. The number of benzene rings is 2. The highest BCUT2D eigenvalue weighted by Crippen LogP contribution is 2.38. The third-order valence-electron chi connectivity index (χ3n) is 4.04. The van der Waals surface area contributed by atoms with Gasteiger partial charge in [-0.15, -0.1) is 0 Å². The van der Waals surface area contributed by atoms with Crippen LogP contribution in [0, 0.1) is 0 Å². The molecule has 0 aliphatic carbocycles. The fraction of sp³-hybridized carbons (Fsp3) is 0.278. The van der Waals surface area contributed by atoms with Crippen molar-refractivity contribution in [2.75, 3.05) is 38.3 Å². The number of methoxy groups -OCH3 is 2. The molecule has 28 heavy (non-hydrogen) atoms. The fourth-order valence-electron chi connectivity index (χ4n) is 2.73. The maximum absolute atomic E-state index is 13.3. The molecule has 0 spiro atoms. The molecule has 1 aliphatic heterocycles. The van der Waals surface area contributed by atoms with Crippen LogP contribution in [0.3, 0.4) is 0 Å². The van der Waals surface area contributed by atoms with E-state index in [4.69, 9.17) is 18.9 Å². The van der Waals surface area contributed by atoms with E-state index in [-0.39, 0.29) is 22.1 Å². The summed E-state index contributed by atoms with van der Waals surface area (Å²) >= 11 is 0. The van der Waals surface area contributed by atoms with E-state index in [1.807, 2.05) is 0 Å². The average molecular weight is 409 g/mol. The van der Waals surface area contributed by atoms with Gasteiger partial charge in [0.2, 0.25) is 0 Å². The van der Waals surface area contributed by atoms with Crippen molar-refractivity contribution in [1.82, 2.24) is 0 Å². The van der Waals surface area contributed by atoms with Gasteiger partial charge in [-0.05, 0) is 24.3 Å². The van der Waals surface area contributed by atoms with E-state index in [0.29, 0.717) is 24.7 Å². The molecule has 0 radical (unpaired) electrons. The number of carboxylic acid groups (broad SMARTS) is 1. The van der Waals surface area contributed by atoms with Crippen LogP contribution >= 0.6 is 0 Å². The van der Waals surface area contributed by atoms with Gasteiger partial charge in [0.15, 0.2) is 11.5 Å². The number of nitrogens with zero attached hydrogens (tertiary/aromatic N) is 1. The molecular formula is C18H19NO8S. The lowest BCUT2D eigenvalue weighted by Gasteiger charge is -2.26. The van der Waals surface area contributed by atoms with E-state index in [9.17, 15) is 18.3 Å². The highest BCUT2D eigenvalue weighted by atomic mass is 32.2. The topological polar surface area (TPSA) is 112 Å². The highest BCUT2D eigenvalue weighted by Gasteiger charge is 2.31. The summed E-state index contributed by atoms with van der Waals surface area (Å²) in [5.74, 6) is -0.0909. The second kappa shape index (κ2) is 7.85. The molecule has 10 heteroatoms. The predicted octanol–water partition coefficient (Wildman–Crippen LogP) is 1.75. The molecule has 1 N–H and O–H groups in total. The predicted molar refractivity (Wildman–Crippen MR) is 99.1 cm³/mol. The van der Waals surface area contributed by atoms with Gasteiger partial charge in [-0.3, -0.25) is 9.10 Å². The van der Waals surface area contributed by atoms with Gasteiger partial charge in [0.25, 0.3) is 10.0 Å². The maximum atomic E-state index is 13.3. The lowest BCUT2D eigenvalue weighted by atomic mass is 10.2. The van der Waals surface area contributed by atoms with Crippen LogP contribution < -0.4 is 23.3 Å². The standard InChI is InChI=1S/C18H19NO8S/c1-24-12-3-5-15(25-2)14(9-12)19(11-18(20)21)28(22,23)13-4-6-16-17(10-13)27-8-7-26-16/h3-6,9-10H,7-8,11H2,1-2H3,(H,20,21). The molecule has 2 aromatic rings. The molecule has 0 atom stereocenters. The highest BCUT2D eigenvalue weighted by molar-refractivity contribution is 7.92. The number of sulfonamides is 1. The number of hydrogen-bond acceptors (Lipinski definition) is 7. The van der Waals surface area contributed by atoms with Crippen molar-refractivity contribution < 1.29 is 37.3 Å². The van der Waals surface area contributed by atoms with Gasteiger partial charge in [0, 0.05) is 12.1 Å². The summed E-state index contributed by atoms with van der Waals surface area (Å²) in [5, 5.41) is 9.31. The normalized spacial score (nSPS) is 12.9. The molecule has 1 aliphatic rings. The molecule has 0 amide bonds. The van der Waals surface area contributed by atoms with E-state index in [1.54, 1.807) is 6.07 Å². The lowest BCUT2D eigenvalue weighted by molar-refractivity contribution is -0.135. The second-order valence-corrected chi connectivity index (χ2v) is 7.61. The van der Waals surface area contributed by atoms with Gasteiger partial charge in [-0.25, -0.2) is 8.42 Å². The Morgan fingerprint density at radius 3 is 2.43 bits per heavy atom. The molecule has 0 aromatic heterocycles. The first-order chi connectivity index (χ1) is 13.4. The Morgan fingerprint density at radius 2 is 1.79 bits per heavy atom. The Bertz CT molecular complexity index is 989. The lowest BCUT2D eigenvalue weighted by Crippen LogP contribution is -2.36. The Labute approximate surface area is 162 Å². The number of hydrogen-bond donors (Lipinski definition) is 1. The first kappa shape index (κ1) is 19.6. The minimum Gasteiger partial charge on any atom is -0.497 e. The number of fused-ring (bicyclic) bond motifs is 1. The van der Waals surface area contributed by atoms with Crippen LogP contribution in [0.25, 0.3) is 0 Å². The molecule has 9 nitrogen and oxygen atoms in total. The molecular weight excluding hydrogens is 390 g/mol. The fourth-order valence-corrected chi connectivity index (χ4v) is 4.16. The van der Waals surface area contributed by atoms with Crippen molar-refractivity contribution in [2.24, 2.45) is 0 Å². The maximum Gasteiger partial charge on any atom is 0.324 e. The van der Waals surface area contributed by atoms with E-state index in [1.165, 1.54) is 44.6 Å². The van der Waals surface area contributed by atoms with Crippen molar-refractivity contribution in [3.05, 3.63) is 36.4 Å². The molecule has 2 aromatic carbocycles. The van der Waals surface area contributed by atoms with Crippen molar-refractivity contribution in [3.8, 4) is 23.0 Å². The minimum absolute atomic E-state index is 0.0409. The van der Waals surface area contributed by atoms with Crippen molar-refractivity contribution >= 4 is 21.7 Å².